The summed E-state index contributed by atoms with van der Waals surface area (Å²) in [6, 6.07) is 4.53. The van der Waals surface area contributed by atoms with Crippen molar-refractivity contribution < 1.29 is 0 Å². The van der Waals surface area contributed by atoms with E-state index in [1.54, 1.807) is 11.3 Å². The second kappa shape index (κ2) is 4.10. The molecule has 0 aliphatic heterocycles. The molecule has 0 unspecified atom stereocenters. The van der Waals surface area contributed by atoms with Gasteiger partial charge in [0.2, 0.25) is 0 Å². The predicted octanol–water partition coefficient (Wildman–Crippen LogP) is 2.90. The van der Waals surface area contributed by atoms with Crippen LogP contribution in [0.15, 0.2) is 12.1 Å². The Morgan fingerprint density at radius 3 is 2.73 bits per heavy atom. The molecular formula is C8H12ClNS. The van der Waals surface area contributed by atoms with Crippen LogP contribution in [0.4, 0.5) is 0 Å². The molecule has 0 saturated heterocycles. The van der Waals surface area contributed by atoms with E-state index < -0.39 is 0 Å². The first kappa shape index (κ1) is 9.04. The molecule has 0 spiro atoms. The molecule has 0 saturated carbocycles. The van der Waals surface area contributed by atoms with Crippen LogP contribution in [0.1, 0.15) is 18.7 Å². The largest absolute Gasteiger partial charge is 0.310 e. The van der Waals surface area contributed by atoms with Crippen molar-refractivity contribution in [2.75, 3.05) is 0 Å². The molecule has 1 aromatic rings. The van der Waals surface area contributed by atoms with Gasteiger partial charge in [-0.05, 0) is 12.1 Å². The lowest BCUT2D eigenvalue weighted by molar-refractivity contribution is 0.593. The number of nitrogens with one attached hydrogen (secondary N) is 1. The standard InChI is InChI=1S/C8H12ClNS/c1-6(2)10-5-7-3-4-8(9)11-7/h3-4,6,10H,5H2,1-2H3. The van der Waals surface area contributed by atoms with E-state index in [1.807, 2.05) is 6.07 Å². The SMILES string of the molecule is CC(C)NCc1ccc(Cl)s1. The third kappa shape index (κ3) is 3.23. The van der Waals surface area contributed by atoms with Crippen LogP contribution in [-0.4, -0.2) is 6.04 Å². The second-order valence-electron chi connectivity index (χ2n) is 2.74. The molecule has 1 N–H and O–H groups in total. The van der Waals surface area contributed by atoms with Crippen molar-refractivity contribution in [1.82, 2.24) is 5.32 Å². The molecule has 0 aliphatic carbocycles. The highest BCUT2D eigenvalue weighted by molar-refractivity contribution is 7.16. The van der Waals surface area contributed by atoms with E-state index in [1.165, 1.54) is 4.88 Å². The molecule has 1 heterocycles. The van der Waals surface area contributed by atoms with E-state index in [9.17, 15) is 0 Å². The minimum atomic E-state index is 0.538. The Labute approximate surface area is 76.4 Å². The number of hydrogen-bond acceptors (Lipinski definition) is 2. The normalized spacial score (nSPS) is 10.9. The lowest BCUT2D eigenvalue weighted by atomic mass is 10.4. The summed E-state index contributed by atoms with van der Waals surface area (Å²) in [5.74, 6) is 0. The zero-order chi connectivity index (χ0) is 8.27. The van der Waals surface area contributed by atoms with E-state index in [2.05, 4.69) is 25.2 Å². The molecule has 3 heteroatoms. The summed E-state index contributed by atoms with van der Waals surface area (Å²) < 4.78 is 0.866. The van der Waals surface area contributed by atoms with Crippen LogP contribution < -0.4 is 5.32 Å². The van der Waals surface area contributed by atoms with Gasteiger partial charge in [-0.25, -0.2) is 0 Å². The van der Waals surface area contributed by atoms with Crippen LogP contribution in [0, 0.1) is 0 Å². The molecule has 0 bridgehead atoms. The highest BCUT2D eigenvalue weighted by atomic mass is 35.5. The van der Waals surface area contributed by atoms with Gasteiger partial charge in [0.15, 0.2) is 0 Å². The van der Waals surface area contributed by atoms with Crippen molar-refractivity contribution in [3.63, 3.8) is 0 Å². The fourth-order valence-electron chi connectivity index (χ4n) is 0.751. The van der Waals surface area contributed by atoms with Crippen molar-refractivity contribution >= 4 is 22.9 Å². The maximum absolute atomic E-state index is 5.77. The lowest BCUT2D eigenvalue weighted by Crippen LogP contribution is -2.21. The summed E-state index contributed by atoms with van der Waals surface area (Å²) >= 11 is 7.40. The van der Waals surface area contributed by atoms with Gasteiger partial charge in [-0.2, -0.15) is 0 Å². The average Bonchev–Trinajstić information content (AvgIpc) is 2.31. The average molecular weight is 190 g/mol. The van der Waals surface area contributed by atoms with Crippen molar-refractivity contribution in [2.24, 2.45) is 0 Å². The fraction of sp³-hybridized carbons (Fsp3) is 0.500. The van der Waals surface area contributed by atoms with Gasteiger partial charge in [-0.15, -0.1) is 11.3 Å². The topological polar surface area (TPSA) is 12.0 Å². The third-order valence-electron chi connectivity index (χ3n) is 1.31. The van der Waals surface area contributed by atoms with Gasteiger partial charge in [0.05, 0.1) is 4.34 Å². The van der Waals surface area contributed by atoms with Crippen LogP contribution >= 0.6 is 22.9 Å². The molecule has 0 fully saturated rings. The van der Waals surface area contributed by atoms with E-state index >= 15 is 0 Å². The Kier molecular flexibility index (Phi) is 3.37. The Bertz CT molecular complexity index is 220. The molecule has 0 aliphatic rings. The van der Waals surface area contributed by atoms with Crippen LogP contribution in [0.25, 0.3) is 0 Å². The quantitative estimate of drug-likeness (QED) is 0.771. The zero-order valence-electron chi connectivity index (χ0n) is 6.73. The minimum absolute atomic E-state index is 0.538. The first-order valence-corrected chi connectivity index (χ1v) is 4.85. The van der Waals surface area contributed by atoms with Crippen LogP contribution in [0.5, 0.6) is 0 Å². The van der Waals surface area contributed by atoms with Gasteiger partial charge >= 0.3 is 0 Å². The van der Waals surface area contributed by atoms with E-state index in [4.69, 9.17) is 11.6 Å². The summed E-state index contributed by atoms with van der Waals surface area (Å²) in [5.41, 5.74) is 0. The molecule has 11 heavy (non-hydrogen) atoms. The smallest absolute Gasteiger partial charge is 0.0931 e. The molecule has 1 nitrogen and oxygen atoms in total. The Morgan fingerprint density at radius 2 is 2.27 bits per heavy atom. The molecule has 0 aromatic carbocycles. The van der Waals surface area contributed by atoms with Gasteiger partial charge in [0.25, 0.3) is 0 Å². The Morgan fingerprint density at radius 1 is 1.55 bits per heavy atom. The molecular weight excluding hydrogens is 178 g/mol. The van der Waals surface area contributed by atoms with E-state index in [0.717, 1.165) is 10.9 Å². The van der Waals surface area contributed by atoms with Gasteiger partial charge in [-0.1, -0.05) is 25.4 Å². The van der Waals surface area contributed by atoms with Crippen molar-refractivity contribution in [2.45, 2.75) is 26.4 Å². The van der Waals surface area contributed by atoms with Crippen LogP contribution in [0.3, 0.4) is 0 Å². The minimum Gasteiger partial charge on any atom is -0.310 e. The van der Waals surface area contributed by atoms with Gasteiger partial charge in [0.1, 0.15) is 0 Å². The summed E-state index contributed by atoms with van der Waals surface area (Å²) in [5, 5.41) is 3.33. The van der Waals surface area contributed by atoms with E-state index in [-0.39, 0.29) is 0 Å². The summed E-state index contributed by atoms with van der Waals surface area (Å²) in [6.07, 6.45) is 0. The Hall–Kier alpha value is -0.0500. The molecule has 1 rings (SSSR count). The summed E-state index contributed by atoms with van der Waals surface area (Å²) in [7, 11) is 0. The first-order valence-electron chi connectivity index (χ1n) is 3.66. The monoisotopic (exact) mass is 189 g/mol. The highest BCUT2D eigenvalue weighted by Crippen LogP contribution is 2.20. The number of halogens is 1. The van der Waals surface area contributed by atoms with Gasteiger partial charge < -0.3 is 5.32 Å². The van der Waals surface area contributed by atoms with Crippen molar-refractivity contribution in [1.29, 1.82) is 0 Å². The second-order valence-corrected chi connectivity index (χ2v) is 4.54. The van der Waals surface area contributed by atoms with Crippen molar-refractivity contribution in [3.8, 4) is 0 Å². The van der Waals surface area contributed by atoms with Gasteiger partial charge in [0, 0.05) is 17.5 Å². The number of rotatable bonds is 3. The summed E-state index contributed by atoms with van der Waals surface area (Å²) in [4.78, 5) is 1.30. The van der Waals surface area contributed by atoms with Crippen molar-refractivity contribution in [3.05, 3.63) is 21.3 Å². The van der Waals surface area contributed by atoms with E-state index in [0.29, 0.717) is 6.04 Å². The number of hydrogen-bond donors (Lipinski definition) is 1. The molecule has 0 radical (unpaired) electrons. The van der Waals surface area contributed by atoms with Crippen LogP contribution in [-0.2, 0) is 6.54 Å². The fourth-order valence-corrected chi connectivity index (χ4v) is 1.79. The molecule has 0 atom stereocenters. The summed E-state index contributed by atoms with van der Waals surface area (Å²) in [6.45, 7) is 5.19. The molecule has 1 aromatic heterocycles. The first-order chi connectivity index (χ1) is 5.18. The maximum atomic E-state index is 5.77. The zero-order valence-corrected chi connectivity index (χ0v) is 8.30. The highest BCUT2D eigenvalue weighted by Gasteiger charge is 1.97. The van der Waals surface area contributed by atoms with Crippen LogP contribution in [0.2, 0.25) is 4.34 Å². The lowest BCUT2D eigenvalue weighted by Gasteiger charge is -2.04. The number of thiophene rings is 1. The predicted molar refractivity (Wildman–Crippen MR) is 51.3 cm³/mol. The Balaban J connectivity index is 2.39. The molecule has 62 valence electrons. The van der Waals surface area contributed by atoms with Gasteiger partial charge in [-0.3, -0.25) is 0 Å². The third-order valence-corrected chi connectivity index (χ3v) is 2.54. The molecule has 0 amide bonds. The maximum Gasteiger partial charge on any atom is 0.0931 e.